The first-order chi connectivity index (χ1) is 9.40. The van der Waals surface area contributed by atoms with Crippen LogP contribution in [0.3, 0.4) is 0 Å². The number of piperazine rings is 1. The third kappa shape index (κ3) is 3.55. The first kappa shape index (κ1) is 14.9. The highest BCUT2D eigenvalue weighted by atomic mass is 19.4. The third-order valence-corrected chi connectivity index (χ3v) is 3.49. The summed E-state index contributed by atoms with van der Waals surface area (Å²) in [5, 5.41) is 2.57. The Balaban J connectivity index is 2.20. The molecule has 0 N–H and O–H groups in total. The van der Waals surface area contributed by atoms with Crippen LogP contribution in [-0.2, 0) is 12.7 Å². The maximum atomic E-state index is 13.0. The molecule has 0 bridgehead atoms. The van der Waals surface area contributed by atoms with Crippen molar-refractivity contribution in [1.29, 1.82) is 0 Å². The lowest BCUT2D eigenvalue weighted by Gasteiger charge is -2.32. The van der Waals surface area contributed by atoms with Crippen LogP contribution in [0.25, 0.3) is 0 Å². The predicted octanol–water partition coefficient (Wildman–Crippen LogP) is 2.85. The van der Waals surface area contributed by atoms with Gasteiger partial charge in [-0.05, 0) is 29.9 Å². The lowest BCUT2D eigenvalue weighted by Crippen LogP contribution is -2.44. The largest absolute Gasteiger partial charge is 0.416 e. The van der Waals surface area contributed by atoms with Crippen LogP contribution in [0.2, 0.25) is 0 Å². The number of alkyl halides is 3. The molecule has 7 heteroatoms. The van der Waals surface area contributed by atoms with Gasteiger partial charge in [0.05, 0.1) is 5.56 Å². The Morgan fingerprint density at radius 3 is 2.40 bits per heavy atom. The summed E-state index contributed by atoms with van der Waals surface area (Å²) in [5.41, 5.74) is -0.776. The average Bonchev–Trinajstić information content (AvgIpc) is 2.40. The molecule has 0 amide bonds. The molecule has 1 aliphatic rings. The van der Waals surface area contributed by atoms with E-state index in [1.807, 2.05) is 11.9 Å². The molecular formula is C13H16F3N3O. The highest BCUT2D eigenvalue weighted by Gasteiger charge is 2.34. The standard InChI is InChI=1S/C13H16F3N3O/c1-18-4-6-19(7-5-18)9-10-2-3-11(17-20)8-12(10)13(14,15)16/h2-3,8H,4-7,9H2,1H3. The molecule has 0 atom stereocenters. The van der Waals surface area contributed by atoms with E-state index in [2.05, 4.69) is 10.1 Å². The van der Waals surface area contributed by atoms with E-state index >= 15 is 0 Å². The van der Waals surface area contributed by atoms with E-state index in [0.717, 1.165) is 32.2 Å². The minimum atomic E-state index is -4.47. The number of halogens is 3. The van der Waals surface area contributed by atoms with Gasteiger partial charge in [0, 0.05) is 32.7 Å². The van der Waals surface area contributed by atoms with Gasteiger partial charge in [0.1, 0.15) is 5.69 Å². The van der Waals surface area contributed by atoms with Gasteiger partial charge in [-0.15, -0.1) is 4.91 Å². The molecule has 20 heavy (non-hydrogen) atoms. The van der Waals surface area contributed by atoms with Crippen LogP contribution in [0.1, 0.15) is 11.1 Å². The van der Waals surface area contributed by atoms with E-state index in [-0.39, 0.29) is 17.8 Å². The maximum Gasteiger partial charge on any atom is 0.416 e. The monoisotopic (exact) mass is 287 g/mol. The minimum Gasteiger partial charge on any atom is -0.304 e. The van der Waals surface area contributed by atoms with Gasteiger partial charge in [-0.2, -0.15) is 13.2 Å². The summed E-state index contributed by atoms with van der Waals surface area (Å²) in [6.07, 6.45) is -4.47. The summed E-state index contributed by atoms with van der Waals surface area (Å²) in [6.45, 7) is 3.40. The Labute approximate surface area is 115 Å². The van der Waals surface area contributed by atoms with E-state index in [4.69, 9.17) is 0 Å². The molecule has 4 nitrogen and oxygen atoms in total. The van der Waals surface area contributed by atoms with Gasteiger partial charge < -0.3 is 4.90 Å². The lowest BCUT2D eigenvalue weighted by molar-refractivity contribution is -0.138. The fourth-order valence-electron chi connectivity index (χ4n) is 2.27. The van der Waals surface area contributed by atoms with Crippen LogP contribution in [0.15, 0.2) is 23.4 Å². The maximum absolute atomic E-state index is 13.0. The van der Waals surface area contributed by atoms with Crippen molar-refractivity contribution in [2.24, 2.45) is 5.18 Å². The summed E-state index contributed by atoms with van der Waals surface area (Å²) < 4.78 is 39.0. The van der Waals surface area contributed by atoms with E-state index in [1.54, 1.807) is 0 Å². The molecular weight excluding hydrogens is 271 g/mol. The average molecular weight is 287 g/mol. The van der Waals surface area contributed by atoms with Crippen LogP contribution in [0.5, 0.6) is 0 Å². The molecule has 2 rings (SSSR count). The Kier molecular flexibility index (Phi) is 4.39. The van der Waals surface area contributed by atoms with Crippen molar-refractivity contribution < 1.29 is 13.2 Å². The van der Waals surface area contributed by atoms with Crippen molar-refractivity contribution in [3.63, 3.8) is 0 Å². The van der Waals surface area contributed by atoms with E-state index < -0.39 is 11.7 Å². The zero-order valence-corrected chi connectivity index (χ0v) is 11.2. The number of rotatable bonds is 3. The van der Waals surface area contributed by atoms with Crippen LogP contribution >= 0.6 is 0 Å². The number of likely N-dealkylation sites (N-methyl/N-ethyl adjacent to an activating group) is 1. The van der Waals surface area contributed by atoms with Gasteiger partial charge in [0.25, 0.3) is 0 Å². The molecule has 1 heterocycles. The molecule has 0 saturated carbocycles. The van der Waals surface area contributed by atoms with Gasteiger partial charge in [-0.1, -0.05) is 6.07 Å². The van der Waals surface area contributed by atoms with Crippen LogP contribution in [0.4, 0.5) is 18.9 Å². The molecule has 0 aromatic heterocycles. The van der Waals surface area contributed by atoms with Gasteiger partial charge in [0.2, 0.25) is 0 Å². The molecule has 0 unspecified atom stereocenters. The second kappa shape index (κ2) is 5.88. The van der Waals surface area contributed by atoms with Crippen molar-refractivity contribution in [1.82, 2.24) is 9.80 Å². The molecule has 0 radical (unpaired) electrons. The molecule has 1 saturated heterocycles. The molecule has 1 aromatic rings. The first-order valence-corrected chi connectivity index (χ1v) is 6.34. The summed E-state index contributed by atoms with van der Waals surface area (Å²) in [7, 11) is 1.99. The minimum absolute atomic E-state index is 0.189. The van der Waals surface area contributed by atoms with Crippen LogP contribution in [0, 0.1) is 4.91 Å². The van der Waals surface area contributed by atoms with Gasteiger partial charge in [0.15, 0.2) is 0 Å². The van der Waals surface area contributed by atoms with Crippen LogP contribution < -0.4 is 0 Å². The quantitative estimate of drug-likeness (QED) is 0.802. The number of nitroso groups, excluding NO2 is 1. The second-order valence-corrected chi connectivity index (χ2v) is 5.01. The van der Waals surface area contributed by atoms with Gasteiger partial charge in [-0.3, -0.25) is 4.90 Å². The zero-order valence-electron chi connectivity index (χ0n) is 11.2. The predicted molar refractivity (Wildman–Crippen MR) is 69.7 cm³/mol. The smallest absolute Gasteiger partial charge is 0.304 e. The number of nitrogens with zero attached hydrogens (tertiary/aromatic N) is 3. The second-order valence-electron chi connectivity index (χ2n) is 5.01. The number of hydrogen-bond donors (Lipinski definition) is 0. The highest BCUT2D eigenvalue weighted by molar-refractivity contribution is 5.45. The molecule has 1 aromatic carbocycles. The number of hydrogen-bond acceptors (Lipinski definition) is 4. The topological polar surface area (TPSA) is 35.9 Å². The fourth-order valence-corrected chi connectivity index (χ4v) is 2.27. The van der Waals surface area contributed by atoms with Crippen molar-refractivity contribution in [3.05, 3.63) is 34.2 Å². The zero-order chi connectivity index (χ0) is 14.8. The summed E-state index contributed by atoms with van der Waals surface area (Å²) in [5.74, 6) is 0. The van der Waals surface area contributed by atoms with Crippen molar-refractivity contribution >= 4 is 5.69 Å². The molecule has 110 valence electrons. The Morgan fingerprint density at radius 2 is 1.85 bits per heavy atom. The van der Waals surface area contributed by atoms with E-state index in [0.29, 0.717) is 0 Å². The van der Waals surface area contributed by atoms with Crippen LogP contribution in [-0.4, -0.2) is 43.0 Å². The molecule has 1 aliphatic heterocycles. The summed E-state index contributed by atoms with van der Waals surface area (Å²) in [4.78, 5) is 14.5. The van der Waals surface area contributed by atoms with Crippen molar-refractivity contribution in [2.75, 3.05) is 33.2 Å². The Hall–Kier alpha value is -1.47. The fraction of sp³-hybridized carbons (Fsp3) is 0.538. The Bertz CT molecular complexity index is 482. The van der Waals surface area contributed by atoms with Crippen molar-refractivity contribution in [3.8, 4) is 0 Å². The van der Waals surface area contributed by atoms with Gasteiger partial charge in [-0.25, -0.2) is 0 Å². The molecule has 0 aliphatic carbocycles. The third-order valence-electron chi connectivity index (χ3n) is 3.49. The van der Waals surface area contributed by atoms with Crippen molar-refractivity contribution in [2.45, 2.75) is 12.7 Å². The summed E-state index contributed by atoms with van der Waals surface area (Å²) in [6, 6.07) is 3.49. The van der Waals surface area contributed by atoms with E-state index in [1.165, 1.54) is 12.1 Å². The van der Waals surface area contributed by atoms with E-state index in [9.17, 15) is 18.1 Å². The van der Waals surface area contributed by atoms with Gasteiger partial charge >= 0.3 is 6.18 Å². The first-order valence-electron chi connectivity index (χ1n) is 6.34. The Morgan fingerprint density at radius 1 is 1.20 bits per heavy atom. The number of benzene rings is 1. The summed E-state index contributed by atoms with van der Waals surface area (Å²) >= 11 is 0. The SMILES string of the molecule is CN1CCN(Cc2ccc(N=O)cc2C(F)(F)F)CC1. The normalized spacial score (nSPS) is 18.2. The molecule has 1 fully saturated rings. The lowest BCUT2D eigenvalue weighted by atomic mass is 10.1. The molecule has 0 spiro atoms. The highest BCUT2D eigenvalue weighted by Crippen LogP contribution is 2.35.